The highest BCUT2D eigenvalue weighted by Gasteiger charge is 2.37. The van der Waals surface area contributed by atoms with Gasteiger partial charge in [0.15, 0.2) is 0 Å². The molecule has 0 aromatic heterocycles. The van der Waals surface area contributed by atoms with E-state index in [0.717, 1.165) is 6.07 Å². The molecule has 1 saturated heterocycles. The number of ether oxygens (including phenoxy) is 1. The zero-order chi connectivity index (χ0) is 13.2. The van der Waals surface area contributed by atoms with Crippen molar-refractivity contribution < 1.29 is 17.9 Å². The topological polar surface area (TPSA) is 47.3 Å². The van der Waals surface area contributed by atoms with E-state index >= 15 is 0 Å². The maximum atomic E-state index is 12.9. The third kappa shape index (κ3) is 2.66. The molecule has 0 spiro atoms. The van der Waals surface area contributed by atoms with Gasteiger partial charge in [-0.2, -0.15) is 13.2 Å². The minimum Gasteiger partial charge on any atom is -0.381 e. The van der Waals surface area contributed by atoms with Crippen molar-refractivity contribution in [3.63, 3.8) is 0 Å². The fourth-order valence-corrected chi connectivity index (χ4v) is 2.32. The molecule has 18 heavy (non-hydrogen) atoms. The first-order chi connectivity index (χ1) is 8.54. The lowest BCUT2D eigenvalue weighted by Gasteiger charge is -2.25. The molecule has 0 saturated carbocycles. The second kappa shape index (κ2) is 5.26. The fourth-order valence-electron chi connectivity index (χ4n) is 2.32. The number of alkyl halides is 3. The smallest absolute Gasteiger partial charge is 0.381 e. The highest BCUT2D eigenvalue weighted by atomic mass is 19.4. The first kappa shape index (κ1) is 13.3. The molecule has 2 atom stereocenters. The number of hydrazine groups is 1. The van der Waals surface area contributed by atoms with E-state index in [0.29, 0.717) is 19.6 Å². The van der Waals surface area contributed by atoms with Gasteiger partial charge in [0.05, 0.1) is 18.2 Å². The van der Waals surface area contributed by atoms with Crippen molar-refractivity contribution in [2.45, 2.75) is 18.6 Å². The highest BCUT2D eigenvalue weighted by molar-refractivity contribution is 5.33. The van der Waals surface area contributed by atoms with Crippen molar-refractivity contribution in [1.82, 2.24) is 5.43 Å². The van der Waals surface area contributed by atoms with Gasteiger partial charge in [-0.1, -0.05) is 18.2 Å². The molecule has 0 amide bonds. The predicted octanol–water partition coefficient (Wildman–Crippen LogP) is 2.25. The average Bonchev–Trinajstić information content (AvgIpc) is 2.83. The van der Waals surface area contributed by atoms with Crippen LogP contribution in [0.15, 0.2) is 24.3 Å². The third-order valence-corrected chi connectivity index (χ3v) is 3.22. The Hall–Kier alpha value is -1.11. The summed E-state index contributed by atoms with van der Waals surface area (Å²) in [7, 11) is 0. The van der Waals surface area contributed by atoms with Gasteiger partial charge in [-0.15, -0.1) is 0 Å². The van der Waals surface area contributed by atoms with Crippen LogP contribution >= 0.6 is 0 Å². The van der Waals surface area contributed by atoms with Crippen molar-refractivity contribution >= 4 is 0 Å². The number of benzene rings is 1. The van der Waals surface area contributed by atoms with Gasteiger partial charge >= 0.3 is 6.18 Å². The molecule has 0 aliphatic carbocycles. The Morgan fingerprint density at radius 1 is 1.33 bits per heavy atom. The molecule has 1 heterocycles. The standard InChI is InChI=1S/C12H15F3N2O/c13-12(14,15)10-4-2-1-3-9(10)11(17-16)8-5-6-18-7-8/h1-4,8,11,17H,5-7,16H2. The van der Waals surface area contributed by atoms with E-state index in [1.54, 1.807) is 6.07 Å². The SMILES string of the molecule is NNC(c1ccccc1C(F)(F)F)C1CCOC1. The van der Waals surface area contributed by atoms with Gasteiger partial charge in [0.25, 0.3) is 0 Å². The number of hydrogen-bond acceptors (Lipinski definition) is 3. The Bertz CT molecular complexity index is 403. The van der Waals surface area contributed by atoms with Gasteiger partial charge in [0.2, 0.25) is 0 Å². The van der Waals surface area contributed by atoms with Crippen molar-refractivity contribution in [2.24, 2.45) is 11.8 Å². The summed E-state index contributed by atoms with van der Waals surface area (Å²) in [6, 6.07) is 4.97. The molecule has 1 aliphatic rings. The average molecular weight is 260 g/mol. The molecule has 1 aromatic carbocycles. The van der Waals surface area contributed by atoms with E-state index in [-0.39, 0.29) is 11.5 Å². The van der Waals surface area contributed by atoms with E-state index in [1.165, 1.54) is 12.1 Å². The molecule has 1 fully saturated rings. The van der Waals surface area contributed by atoms with Crippen LogP contribution in [0.4, 0.5) is 13.2 Å². The molecular weight excluding hydrogens is 245 g/mol. The van der Waals surface area contributed by atoms with Crippen LogP contribution in [0.1, 0.15) is 23.6 Å². The lowest BCUT2D eigenvalue weighted by molar-refractivity contribution is -0.138. The second-order valence-corrected chi connectivity index (χ2v) is 4.35. The van der Waals surface area contributed by atoms with Crippen LogP contribution in [-0.4, -0.2) is 13.2 Å². The molecule has 1 aromatic rings. The maximum absolute atomic E-state index is 12.9. The molecule has 3 N–H and O–H groups in total. The van der Waals surface area contributed by atoms with Crippen molar-refractivity contribution in [3.05, 3.63) is 35.4 Å². The minimum atomic E-state index is -4.37. The van der Waals surface area contributed by atoms with Crippen molar-refractivity contribution in [2.75, 3.05) is 13.2 Å². The predicted molar refractivity (Wildman–Crippen MR) is 60.4 cm³/mol. The zero-order valence-electron chi connectivity index (χ0n) is 9.70. The van der Waals surface area contributed by atoms with Crippen molar-refractivity contribution in [3.8, 4) is 0 Å². The number of hydrogen-bond donors (Lipinski definition) is 2. The van der Waals surface area contributed by atoms with Gasteiger partial charge in [0.1, 0.15) is 0 Å². The summed E-state index contributed by atoms with van der Waals surface area (Å²) in [5.41, 5.74) is 2.04. The third-order valence-electron chi connectivity index (χ3n) is 3.22. The van der Waals surface area contributed by atoms with Crippen LogP contribution in [0.2, 0.25) is 0 Å². The van der Waals surface area contributed by atoms with Crippen LogP contribution in [0.25, 0.3) is 0 Å². The Kier molecular flexibility index (Phi) is 3.89. The van der Waals surface area contributed by atoms with Crippen LogP contribution in [0.5, 0.6) is 0 Å². The molecule has 0 bridgehead atoms. The minimum absolute atomic E-state index is 0.0292. The number of rotatable bonds is 3. The first-order valence-electron chi connectivity index (χ1n) is 5.74. The maximum Gasteiger partial charge on any atom is 0.416 e. The molecular formula is C12H15F3N2O. The summed E-state index contributed by atoms with van der Waals surface area (Å²) >= 11 is 0. The summed E-state index contributed by atoms with van der Waals surface area (Å²) in [5, 5.41) is 0. The summed E-state index contributed by atoms with van der Waals surface area (Å²) in [4.78, 5) is 0. The summed E-state index contributed by atoms with van der Waals surface area (Å²) in [6.07, 6.45) is -3.66. The quantitative estimate of drug-likeness (QED) is 0.647. The molecule has 100 valence electrons. The molecule has 2 rings (SSSR count). The zero-order valence-corrected chi connectivity index (χ0v) is 9.70. The summed E-state index contributed by atoms with van der Waals surface area (Å²) < 4.78 is 44.0. The first-order valence-corrected chi connectivity index (χ1v) is 5.74. The Morgan fingerprint density at radius 3 is 2.61 bits per heavy atom. The number of nitrogens with two attached hydrogens (primary N) is 1. The van der Waals surface area contributed by atoms with E-state index in [9.17, 15) is 13.2 Å². The van der Waals surface area contributed by atoms with Gasteiger partial charge in [0, 0.05) is 12.5 Å². The second-order valence-electron chi connectivity index (χ2n) is 4.35. The molecule has 6 heteroatoms. The molecule has 3 nitrogen and oxygen atoms in total. The number of halogens is 3. The lowest BCUT2D eigenvalue weighted by atomic mass is 9.89. The molecule has 1 aliphatic heterocycles. The van der Waals surface area contributed by atoms with Gasteiger partial charge in [-0.25, -0.2) is 0 Å². The normalized spacial score (nSPS) is 22.1. The fraction of sp³-hybridized carbons (Fsp3) is 0.500. The summed E-state index contributed by atoms with van der Waals surface area (Å²) in [5.74, 6) is 5.39. The van der Waals surface area contributed by atoms with Gasteiger partial charge in [-0.05, 0) is 18.1 Å². The largest absolute Gasteiger partial charge is 0.416 e. The van der Waals surface area contributed by atoms with E-state index in [2.05, 4.69) is 5.43 Å². The van der Waals surface area contributed by atoms with E-state index in [4.69, 9.17) is 10.6 Å². The van der Waals surface area contributed by atoms with E-state index in [1.807, 2.05) is 0 Å². The van der Waals surface area contributed by atoms with Crippen molar-refractivity contribution in [1.29, 1.82) is 0 Å². The monoisotopic (exact) mass is 260 g/mol. The molecule has 0 radical (unpaired) electrons. The van der Waals surface area contributed by atoms with Crippen LogP contribution in [-0.2, 0) is 10.9 Å². The van der Waals surface area contributed by atoms with Gasteiger partial charge < -0.3 is 4.74 Å². The summed E-state index contributed by atoms with van der Waals surface area (Å²) in [6.45, 7) is 0.998. The molecule has 2 unspecified atom stereocenters. The Labute approximate surface area is 103 Å². The lowest BCUT2D eigenvalue weighted by Crippen LogP contribution is -2.35. The number of nitrogens with one attached hydrogen (secondary N) is 1. The van der Waals surface area contributed by atoms with Crippen LogP contribution in [0.3, 0.4) is 0 Å². The Balaban J connectivity index is 2.35. The van der Waals surface area contributed by atoms with Crippen LogP contribution < -0.4 is 11.3 Å². The van der Waals surface area contributed by atoms with E-state index < -0.39 is 17.8 Å². The Morgan fingerprint density at radius 2 is 2.06 bits per heavy atom. The van der Waals surface area contributed by atoms with Gasteiger partial charge in [-0.3, -0.25) is 11.3 Å². The van der Waals surface area contributed by atoms with Crippen LogP contribution in [0, 0.1) is 5.92 Å². The highest BCUT2D eigenvalue weighted by Crippen LogP contribution is 2.37.